The Bertz CT molecular complexity index is 645. The van der Waals surface area contributed by atoms with Gasteiger partial charge in [0.25, 0.3) is 5.91 Å². The minimum Gasteiger partial charge on any atom is -0.469 e. The highest BCUT2D eigenvalue weighted by atomic mass is 19.4. The lowest BCUT2D eigenvalue weighted by Gasteiger charge is -2.20. The van der Waals surface area contributed by atoms with Crippen LogP contribution in [-0.4, -0.2) is 38.1 Å². The van der Waals surface area contributed by atoms with Crippen molar-refractivity contribution >= 4 is 17.8 Å². The molecule has 9 heteroatoms. The lowest BCUT2D eigenvalue weighted by Crippen LogP contribution is -2.43. The number of nitrogens with one attached hydrogen (secondary N) is 1. The van der Waals surface area contributed by atoms with Gasteiger partial charge in [-0.05, 0) is 18.6 Å². The van der Waals surface area contributed by atoms with Crippen molar-refractivity contribution in [3.63, 3.8) is 0 Å². The van der Waals surface area contributed by atoms with Gasteiger partial charge in [0.15, 0.2) is 0 Å². The highest BCUT2D eigenvalue weighted by molar-refractivity contribution is 5.98. The Labute approximate surface area is 142 Å². The molecule has 0 spiro atoms. The van der Waals surface area contributed by atoms with Gasteiger partial charge in [0.1, 0.15) is 6.04 Å². The van der Waals surface area contributed by atoms with Gasteiger partial charge < -0.3 is 14.8 Å². The first-order valence-corrected chi connectivity index (χ1v) is 7.24. The van der Waals surface area contributed by atoms with Crippen LogP contribution in [0.5, 0.6) is 0 Å². The van der Waals surface area contributed by atoms with Crippen LogP contribution >= 0.6 is 0 Å². The van der Waals surface area contributed by atoms with Crippen molar-refractivity contribution in [3.05, 3.63) is 35.4 Å². The molecule has 0 aliphatic heterocycles. The second-order valence-electron chi connectivity index (χ2n) is 5.25. The summed E-state index contributed by atoms with van der Waals surface area (Å²) in [6.45, 7) is 1.46. The number of rotatable bonds is 6. The summed E-state index contributed by atoms with van der Waals surface area (Å²) >= 11 is 0. The number of methoxy groups -OCH3 is 2. The van der Waals surface area contributed by atoms with Crippen LogP contribution in [0.2, 0.25) is 0 Å². The van der Waals surface area contributed by atoms with Crippen LogP contribution in [0.15, 0.2) is 24.3 Å². The first-order valence-electron chi connectivity index (χ1n) is 7.24. The topological polar surface area (TPSA) is 81.7 Å². The molecule has 0 aliphatic rings. The third-order valence-electron chi connectivity index (χ3n) is 3.46. The number of amides is 1. The van der Waals surface area contributed by atoms with E-state index in [9.17, 15) is 27.6 Å². The smallest absolute Gasteiger partial charge is 0.417 e. The molecule has 6 nitrogen and oxygen atoms in total. The average Bonchev–Trinajstić information content (AvgIpc) is 2.58. The van der Waals surface area contributed by atoms with Crippen molar-refractivity contribution in [2.24, 2.45) is 5.92 Å². The summed E-state index contributed by atoms with van der Waals surface area (Å²) in [5, 5.41) is 2.19. The van der Waals surface area contributed by atoms with Gasteiger partial charge in [-0.2, -0.15) is 13.2 Å². The zero-order valence-corrected chi connectivity index (χ0v) is 13.8. The summed E-state index contributed by atoms with van der Waals surface area (Å²) in [5.74, 6) is -3.37. The molecule has 1 amide bonds. The van der Waals surface area contributed by atoms with Gasteiger partial charge in [-0.3, -0.25) is 9.59 Å². The number of benzene rings is 1. The molecule has 0 heterocycles. The summed E-state index contributed by atoms with van der Waals surface area (Å²) in [6.07, 6.45) is -4.91. The van der Waals surface area contributed by atoms with Gasteiger partial charge in [0.05, 0.1) is 31.3 Å². The van der Waals surface area contributed by atoms with Gasteiger partial charge in [-0.1, -0.05) is 19.1 Å². The van der Waals surface area contributed by atoms with E-state index in [1.54, 1.807) is 0 Å². The predicted molar refractivity (Wildman–Crippen MR) is 80.5 cm³/mol. The van der Waals surface area contributed by atoms with Crippen LogP contribution in [0.4, 0.5) is 13.2 Å². The lowest BCUT2D eigenvalue weighted by atomic mass is 10.0. The van der Waals surface area contributed by atoms with Crippen LogP contribution in [0.1, 0.15) is 29.3 Å². The maximum atomic E-state index is 13.0. The number of carbonyl (C=O) groups is 3. The van der Waals surface area contributed by atoms with E-state index < -0.39 is 47.1 Å². The van der Waals surface area contributed by atoms with Gasteiger partial charge in [0.2, 0.25) is 0 Å². The summed E-state index contributed by atoms with van der Waals surface area (Å²) in [4.78, 5) is 35.5. The fourth-order valence-corrected chi connectivity index (χ4v) is 2.17. The quantitative estimate of drug-likeness (QED) is 0.786. The second-order valence-corrected chi connectivity index (χ2v) is 5.25. The minimum absolute atomic E-state index is 0.181. The Morgan fingerprint density at radius 1 is 1.08 bits per heavy atom. The maximum Gasteiger partial charge on any atom is 0.417 e. The number of hydrogen-bond donors (Lipinski definition) is 1. The molecule has 0 aromatic heterocycles. The number of hydrogen-bond acceptors (Lipinski definition) is 5. The summed E-state index contributed by atoms with van der Waals surface area (Å²) in [7, 11) is 2.22. The zero-order chi connectivity index (χ0) is 19.2. The van der Waals surface area contributed by atoms with Crippen LogP contribution in [-0.2, 0) is 25.2 Å². The third-order valence-corrected chi connectivity index (χ3v) is 3.46. The Hall–Kier alpha value is -2.58. The van der Waals surface area contributed by atoms with Crippen molar-refractivity contribution in [2.75, 3.05) is 14.2 Å². The largest absolute Gasteiger partial charge is 0.469 e. The number of alkyl halides is 3. The molecule has 0 saturated carbocycles. The molecule has 0 fully saturated rings. The Kier molecular flexibility index (Phi) is 6.96. The fraction of sp³-hybridized carbons (Fsp3) is 0.438. The maximum absolute atomic E-state index is 13.0. The van der Waals surface area contributed by atoms with Crippen molar-refractivity contribution in [1.29, 1.82) is 0 Å². The lowest BCUT2D eigenvalue weighted by molar-refractivity contribution is -0.147. The van der Waals surface area contributed by atoms with Crippen LogP contribution in [0.25, 0.3) is 0 Å². The SMILES string of the molecule is COC(=O)[C@H](C)C[C@@H](NC(=O)c1ccccc1C(F)(F)F)C(=O)OC. The number of carbonyl (C=O) groups excluding carboxylic acids is 3. The van der Waals surface area contributed by atoms with Gasteiger partial charge in [0, 0.05) is 0 Å². The molecular weight excluding hydrogens is 343 g/mol. The van der Waals surface area contributed by atoms with E-state index in [2.05, 4.69) is 14.8 Å². The third kappa shape index (κ3) is 5.47. The van der Waals surface area contributed by atoms with Gasteiger partial charge in [-0.25, -0.2) is 4.79 Å². The molecule has 0 radical (unpaired) electrons. The standard InChI is InChI=1S/C16H18F3NO5/c1-9(14(22)24-2)8-12(15(23)25-3)20-13(21)10-6-4-5-7-11(10)16(17,18)19/h4-7,9,12H,8H2,1-3H3,(H,20,21)/t9-,12-/m1/s1. The van der Waals surface area contributed by atoms with E-state index in [0.717, 1.165) is 32.4 Å². The Balaban J connectivity index is 3.04. The van der Waals surface area contributed by atoms with Gasteiger partial charge >= 0.3 is 18.1 Å². The molecule has 1 aromatic rings. The Morgan fingerprint density at radius 2 is 1.64 bits per heavy atom. The summed E-state index contributed by atoms with van der Waals surface area (Å²) in [5.41, 5.74) is -1.76. The van der Waals surface area contributed by atoms with Crippen LogP contribution in [0.3, 0.4) is 0 Å². The van der Waals surface area contributed by atoms with E-state index in [0.29, 0.717) is 0 Å². The molecule has 1 N–H and O–H groups in total. The van der Waals surface area contributed by atoms with Crippen LogP contribution in [0, 0.1) is 5.92 Å². The highest BCUT2D eigenvalue weighted by Gasteiger charge is 2.36. The molecule has 0 aliphatic carbocycles. The molecular formula is C16H18F3NO5. The van der Waals surface area contributed by atoms with Gasteiger partial charge in [-0.15, -0.1) is 0 Å². The number of esters is 2. The van der Waals surface area contributed by atoms with E-state index in [4.69, 9.17) is 0 Å². The monoisotopic (exact) mass is 361 g/mol. The molecule has 0 unspecified atom stereocenters. The van der Waals surface area contributed by atoms with Crippen LogP contribution < -0.4 is 5.32 Å². The molecule has 0 bridgehead atoms. The van der Waals surface area contributed by atoms with Crippen molar-refractivity contribution < 1.29 is 37.0 Å². The minimum atomic E-state index is -4.73. The molecule has 1 aromatic carbocycles. The molecule has 1 rings (SSSR count). The first-order chi connectivity index (χ1) is 11.6. The number of halogens is 3. The zero-order valence-electron chi connectivity index (χ0n) is 13.8. The highest BCUT2D eigenvalue weighted by Crippen LogP contribution is 2.31. The fourth-order valence-electron chi connectivity index (χ4n) is 2.17. The van der Waals surface area contributed by atoms with Crippen molar-refractivity contribution in [2.45, 2.75) is 25.6 Å². The van der Waals surface area contributed by atoms with E-state index >= 15 is 0 Å². The predicted octanol–water partition coefficient (Wildman–Crippen LogP) is 2.18. The summed E-state index contributed by atoms with van der Waals surface area (Å²) in [6, 6.07) is 2.88. The first kappa shape index (κ1) is 20.5. The second kappa shape index (κ2) is 8.50. The molecule has 0 saturated heterocycles. The van der Waals surface area contributed by atoms with E-state index in [1.807, 2.05) is 0 Å². The normalized spacial score (nSPS) is 13.5. The molecule has 138 valence electrons. The Morgan fingerprint density at radius 3 is 2.16 bits per heavy atom. The average molecular weight is 361 g/mol. The summed E-state index contributed by atoms with van der Waals surface area (Å²) < 4.78 is 48.1. The molecule has 25 heavy (non-hydrogen) atoms. The van der Waals surface area contributed by atoms with Crippen molar-refractivity contribution in [1.82, 2.24) is 5.32 Å². The van der Waals surface area contributed by atoms with E-state index in [1.165, 1.54) is 13.0 Å². The van der Waals surface area contributed by atoms with Crippen molar-refractivity contribution in [3.8, 4) is 0 Å². The molecule has 2 atom stereocenters. The number of ether oxygens (including phenoxy) is 2. The van der Waals surface area contributed by atoms with E-state index in [-0.39, 0.29) is 6.42 Å².